The minimum atomic E-state index is -0.220. The van der Waals surface area contributed by atoms with Gasteiger partial charge >= 0.3 is 0 Å². The van der Waals surface area contributed by atoms with Gasteiger partial charge in [-0.25, -0.2) is 5.43 Å². The number of amides is 1. The number of carbonyl (C=O) groups excluding carboxylic acids is 1. The van der Waals surface area contributed by atoms with E-state index < -0.39 is 0 Å². The zero-order valence-electron chi connectivity index (χ0n) is 11.1. The standard InChI is InChI=1S/C14H14BrN3OS/c1-18(2)11-5-3-10(4-6-11)14(19)17-16-9-12-7-8-13(15)20-12/h3-9H,1-2H3,(H,17,19)/b16-9-. The van der Waals surface area contributed by atoms with Gasteiger partial charge in [0.05, 0.1) is 10.0 Å². The van der Waals surface area contributed by atoms with E-state index in [0.717, 1.165) is 14.4 Å². The Labute approximate surface area is 130 Å². The van der Waals surface area contributed by atoms with Gasteiger partial charge in [0.1, 0.15) is 0 Å². The molecule has 20 heavy (non-hydrogen) atoms. The molecule has 0 bridgehead atoms. The van der Waals surface area contributed by atoms with E-state index in [1.54, 1.807) is 29.7 Å². The second-order valence-corrected chi connectivity index (χ2v) is 6.78. The molecule has 0 unspecified atom stereocenters. The number of rotatable bonds is 4. The number of hydrogen-bond acceptors (Lipinski definition) is 4. The average Bonchev–Trinajstić information content (AvgIpc) is 2.84. The van der Waals surface area contributed by atoms with Gasteiger partial charge in [-0.3, -0.25) is 4.79 Å². The first kappa shape index (κ1) is 14.7. The summed E-state index contributed by atoms with van der Waals surface area (Å²) in [5, 5.41) is 3.94. The van der Waals surface area contributed by atoms with Crippen LogP contribution in [0.1, 0.15) is 15.2 Å². The zero-order chi connectivity index (χ0) is 14.5. The number of halogens is 1. The van der Waals surface area contributed by atoms with Crippen molar-refractivity contribution in [1.29, 1.82) is 0 Å². The van der Waals surface area contributed by atoms with Crippen LogP contribution in [0.5, 0.6) is 0 Å². The van der Waals surface area contributed by atoms with Gasteiger partial charge in [-0.15, -0.1) is 11.3 Å². The third-order valence-corrected chi connectivity index (χ3v) is 4.16. The predicted octanol–water partition coefficient (Wildman–Crippen LogP) is 3.34. The number of hydrogen-bond donors (Lipinski definition) is 1. The fourth-order valence-electron chi connectivity index (χ4n) is 1.53. The van der Waals surface area contributed by atoms with E-state index >= 15 is 0 Å². The van der Waals surface area contributed by atoms with Crippen LogP contribution in [-0.2, 0) is 0 Å². The molecule has 0 aliphatic heterocycles. The van der Waals surface area contributed by atoms with E-state index in [-0.39, 0.29) is 5.91 Å². The normalized spacial score (nSPS) is 10.8. The summed E-state index contributed by atoms with van der Waals surface area (Å²) in [6.45, 7) is 0. The van der Waals surface area contributed by atoms with Crippen LogP contribution in [0.2, 0.25) is 0 Å². The molecule has 6 heteroatoms. The highest BCUT2D eigenvalue weighted by Crippen LogP contribution is 2.20. The Hall–Kier alpha value is -1.66. The number of anilines is 1. The fourth-order valence-corrected chi connectivity index (χ4v) is 2.82. The number of nitrogens with zero attached hydrogens (tertiary/aromatic N) is 2. The molecule has 0 radical (unpaired) electrons. The van der Waals surface area contributed by atoms with Gasteiger partial charge < -0.3 is 4.90 Å². The van der Waals surface area contributed by atoms with Crippen molar-refractivity contribution >= 4 is 45.1 Å². The molecular formula is C14H14BrN3OS. The molecule has 1 aromatic heterocycles. The minimum Gasteiger partial charge on any atom is -0.378 e. The molecule has 0 spiro atoms. The van der Waals surface area contributed by atoms with Gasteiger partial charge in [0.2, 0.25) is 0 Å². The SMILES string of the molecule is CN(C)c1ccc(C(=O)N/N=C\c2ccc(Br)s2)cc1. The Morgan fingerprint density at radius 2 is 1.95 bits per heavy atom. The molecule has 0 atom stereocenters. The molecule has 1 heterocycles. The molecule has 0 aliphatic rings. The summed E-state index contributed by atoms with van der Waals surface area (Å²) in [4.78, 5) is 14.8. The van der Waals surface area contributed by atoms with Crippen molar-refractivity contribution in [2.45, 2.75) is 0 Å². The first-order chi connectivity index (χ1) is 9.56. The maximum atomic E-state index is 11.9. The second kappa shape index (κ2) is 6.67. The van der Waals surface area contributed by atoms with Crippen LogP contribution in [0, 0.1) is 0 Å². The summed E-state index contributed by atoms with van der Waals surface area (Å²) in [5.74, 6) is -0.220. The minimum absolute atomic E-state index is 0.220. The van der Waals surface area contributed by atoms with E-state index in [1.165, 1.54) is 0 Å². The molecule has 1 N–H and O–H groups in total. The Bertz CT molecular complexity index is 620. The quantitative estimate of drug-likeness (QED) is 0.678. The summed E-state index contributed by atoms with van der Waals surface area (Å²) in [6, 6.07) is 11.2. The van der Waals surface area contributed by atoms with Gasteiger partial charge in [-0.1, -0.05) is 0 Å². The number of thiophene rings is 1. The summed E-state index contributed by atoms with van der Waals surface area (Å²) in [7, 11) is 3.91. The zero-order valence-corrected chi connectivity index (χ0v) is 13.5. The first-order valence-corrected chi connectivity index (χ1v) is 7.53. The molecule has 0 aliphatic carbocycles. The van der Waals surface area contributed by atoms with Crippen LogP contribution in [0.3, 0.4) is 0 Å². The highest BCUT2D eigenvalue weighted by atomic mass is 79.9. The second-order valence-electron chi connectivity index (χ2n) is 4.28. The number of carbonyl (C=O) groups is 1. The first-order valence-electron chi connectivity index (χ1n) is 5.92. The van der Waals surface area contributed by atoms with Crippen LogP contribution >= 0.6 is 27.3 Å². The molecule has 104 valence electrons. The summed E-state index contributed by atoms with van der Waals surface area (Å²) >= 11 is 4.92. The summed E-state index contributed by atoms with van der Waals surface area (Å²) < 4.78 is 1.03. The molecule has 2 aromatic rings. The Morgan fingerprint density at radius 3 is 2.50 bits per heavy atom. The lowest BCUT2D eigenvalue weighted by atomic mass is 10.2. The molecule has 0 saturated heterocycles. The molecule has 0 saturated carbocycles. The van der Waals surface area contributed by atoms with Crippen molar-refractivity contribution in [3.05, 3.63) is 50.6 Å². The molecule has 1 aromatic carbocycles. The average molecular weight is 352 g/mol. The maximum Gasteiger partial charge on any atom is 0.271 e. The largest absolute Gasteiger partial charge is 0.378 e. The summed E-state index contributed by atoms with van der Waals surface area (Å²) in [6.07, 6.45) is 1.63. The van der Waals surface area contributed by atoms with E-state index in [2.05, 4.69) is 26.5 Å². The lowest BCUT2D eigenvalue weighted by Gasteiger charge is -2.12. The van der Waals surface area contributed by atoms with Crippen molar-refractivity contribution in [1.82, 2.24) is 5.43 Å². The number of nitrogens with one attached hydrogen (secondary N) is 1. The molecule has 1 amide bonds. The molecule has 0 fully saturated rings. The maximum absolute atomic E-state index is 11.9. The third-order valence-electron chi connectivity index (χ3n) is 2.60. The van der Waals surface area contributed by atoms with Gasteiger partial charge in [0, 0.05) is 30.2 Å². The van der Waals surface area contributed by atoms with Gasteiger partial charge in [0.25, 0.3) is 5.91 Å². The summed E-state index contributed by atoms with van der Waals surface area (Å²) in [5.41, 5.74) is 4.15. The molecule has 2 rings (SSSR count). The highest BCUT2D eigenvalue weighted by Gasteiger charge is 2.04. The van der Waals surface area contributed by atoms with E-state index in [1.807, 2.05) is 43.3 Å². The Kier molecular flexibility index (Phi) is 4.92. The van der Waals surface area contributed by atoms with Gasteiger partial charge in [0.15, 0.2) is 0 Å². The fraction of sp³-hybridized carbons (Fsp3) is 0.143. The molecule has 4 nitrogen and oxygen atoms in total. The Morgan fingerprint density at radius 1 is 1.25 bits per heavy atom. The van der Waals surface area contributed by atoms with Crippen molar-refractivity contribution in [2.75, 3.05) is 19.0 Å². The van der Waals surface area contributed by atoms with E-state index in [4.69, 9.17) is 0 Å². The Balaban J connectivity index is 1.96. The van der Waals surface area contributed by atoms with Crippen molar-refractivity contribution in [3.63, 3.8) is 0 Å². The van der Waals surface area contributed by atoms with E-state index in [9.17, 15) is 4.79 Å². The highest BCUT2D eigenvalue weighted by molar-refractivity contribution is 9.11. The molecular weight excluding hydrogens is 338 g/mol. The van der Waals surface area contributed by atoms with Crippen molar-refractivity contribution < 1.29 is 4.79 Å². The smallest absolute Gasteiger partial charge is 0.271 e. The van der Waals surface area contributed by atoms with Gasteiger partial charge in [-0.05, 0) is 52.3 Å². The van der Waals surface area contributed by atoms with Crippen LogP contribution in [-0.4, -0.2) is 26.2 Å². The lowest BCUT2D eigenvalue weighted by Crippen LogP contribution is -2.17. The van der Waals surface area contributed by atoms with E-state index in [0.29, 0.717) is 5.56 Å². The lowest BCUT2D eigenvalue weighted by molar-refractivity contribution is 0.0955. The van der Waals surface area contributed by atoms with Crippen molar-refractivity contribution in [3.8, 4) is 0 Å². The number of benzene rings is 1. The van der Waals surface area contributed by atoms with Crippen LogP contribution in [0.25, 0.3) is 0 Å². The topological polar surface area (TPSA) is 44.7 Å². The monoisotopic (exact) mass is 351 g/mol. The number of hydrazone groups is 1. The van der Waals surface area contributed by atoms with Gasteiger partial charge in [-0.2, -0.15) is 5.10 Å². The van der Waals surface area contributed by atoms with Crippen LogP contribution in [0.4, 0.5) is 5.69 Å². The predicted molar refractivity (Wildman–Crippen MR) is 87.8 cm³/mol. The van der Waals surface area contributed by atoms with Crippen LogP contribution in [0.15, 0.2) is 45.3 Å². The van der Waals surface area contributed by atoms with Crippen molar-refractivity contribution in [2.24, 2.45) is 5.10 Å². The van der Waals surface area contributed by atoms with Crippen LogP contribution < -0.4 is 10.3 Å². The third kappa shape index (κ3) is 3.91.